The SMILES string of the molecule is COC(=O)c1ccccc1C(=O)C(C)N. The number of Topliss-reactive ketones (excluding diaryl/α,β-unsaturated/α-hetero) is 1. The van der Waals surface area contributed by atoms with Crippen LogP contribution in [0, 0.1) is 0 Å². The third-order valence-electron chi connectivity index (χ3n) is 2.01. The minimum absolute atomic E-state index is 0.252. The molecule has 0 saturated heterocycles. The van der Waals surface area contributed by atoms with Gasteiger partial charge in [0.1, 0.15) is 0 Å². The van der Waals surface area contributed by atoms with E-state index in [1.54, 1.807) is 31.2 Å². The van der Waals surface area contributed by atoms with Crippen LogP contribution in [0.15, 0.2) is 24.3 Å². The Bertz CT molecular complexity index is 385. The lowest BCUT2D eigenvalue weighted by atomic mass is 10.00. The second-order valence-electron chi connectivity index (χ2n) is 3.19. The van der Waals surface area contributed by atoms with Crippen LogP contribution in [0.4, 0.5) is 0 Å². The summed E-state index contributed by atoms with van der Waals surface area (Å²) in [6.45, 7) is 1.58. The fourth-order valence-corrected chi connectivity index (χ4v) is 1.23. The van der Waals surface area contributed by atoms with Crippen molar-refractivity contribution in [2.75, 3.05) is 7.11 Å². The minimum Gasteiger partial charge on any atom is -0.465 e. The number of carbonyl (C=O) groups is 2. The second-order valence-corrected chi connectivity index (χ2v) is 3.19. The number of methoxy groups -OCH3 is 1. The Labute approximate surface area is 88.0 Å². The minimum atomic E-state index is -0.629. The molecule has 2 N–H and O–H groups in total. The Morgan fingerprint density at radius 2 is 1.80 bits per heavy atom. The number of nitrogens with two attached hydrogens (primary N) is 1. The predicted octanol–water partition coefficient (Wildman–Crippen LogP) is 1.00. The van der Waals surface area contributed by atoms with E-state index in [9.17, 15) is 9.59 Å². The first-order valence-corrected chi connectivity index (χ1v) is 4.55. The zero-order valence-corrected chi connectivity index (χ0v) is 8.69. The van der Waals surface area contributed by atoms with E-state index in [4.69, 9.17) is 5.73 Å². The standard InChI is InChI=1S/C11H13NO3/c1-7(12)10(13)8-5-3-4-6-9(8)11(14)15-2/h3-7H,12H2,1-2H3. The van der Waals surface area contributed by atoms with E-state index in [1.165, 1.54) is 7.11 Å². The van der Waals surface area contributed by atoms with Crippen LogP contribution in [0.5, 0.6) is 0 Å². The molecule has 0 spiro atoms. The average molecular weight is 207 g/mol. The molecule has 15 heavy (non-hydrogen) atoms. The summed E-state index contributed by atoms with van der Waals surface area (Å²) in [5.74, 6) is -0.796. The van der Waals surface area contributed by atoms with E-state index in [-0.39, 0.29) is 11.3 Å². The highest BCUT2D eigenvalue weighted by atomic mass is 16.5. The molecule has 0 bridgehead atoms. The molecule has 1 rings (SSSR count). The topological polar surface area (TPSA) is 69.4 Å². The van der Waals surface area contributed by atoms with Gasteiger partial charge in [-0.15, -0.1) is 0 Å². The van der Waals surface area contributed by atoms with Gasteiger partial charge in [-0.25, -0.2) is 4.79 Å². The monoisotopic (exact) mass is 207 g/mol. The quantitative estimate of drug-likeness (QED) is 0.593. The molecule has 0 aliphatic rings. The molecule has 1 aromatic rings. The Kier molecular flexibility index (Phi) is 3.57. The van der Waals surface area contributed by atoms with Crippen molar-refractivity contribution in [1.82, 2.24) is 0 Å². The maximum Gasteiger partial charge on any atom is 0.338 e. The number of hydrogen-bond donors (Lipinski definition) is 1. The lowest BCUT2D eigenvalue weighted by Crippen LogP contribution is -2.28. The summed E-state index contributed by atoms with van der Waals surface area (Å²) in [5, 5.41) is 0. The third kappa shape index (κ3) is 2.41. The molecule has 1 aromatic carbocycles. The van der Waals surface area contributed by atoms with Crippen molar-refractivity contribution in [3.05, 3.63) is 35.4 Å². The summed E-state index contributed by atoms with van der Waals surface area (Å²) >= 11 is 0. The van der Waals surface area contributed by atoms with E-state index in [0.717, 1.165) is 0 Å². The molecule has 0 radical (unpaired) electrons. The van der Waals surface area contributed by atoms with Gasteiger partial charge in [0.2, 0.25) is 0 Å². The summed E-state index contributed by atoms with van der Waals surface area (Å²) < 4.78 is 4.57. The summed E-state index contributed by atoms with van der Waals surface area (Å²) in [6.07, 6.45) is 0. The smallest absolute Gasteiger partial charge is 0.338 e. The molecule has 0 fully saturated rings. The van der Waals surface area contributed by atoms with E-state index in [1.807, 2.05) is 0 Å². The summed E-state index contributed by atoms with van der Waals surface area (Å²) in [4.78, 5) is 23.0. The van der Waals surface area contributed by atoms with Gasteiger partial charge >= 0.3 is 5.97 Å². The summed E-state index contributed by atoms with van der Waals surface area (Å²) in [6, 6.07) is 5.84. The molecule has 1 atom stereocenters. The van der Waals surface area contributed by atoms with E-state index >= 15 is 0 Å². The first kappa shape index (κ1) is 11.4. The number of carbonyl (C=O) groups excluding carboxylic acids is 2. The highest BCUT2D eigenvalue weighted by molar-refractivity contribution is 6.08. The number of esters is 1. The van der Waals surface area contributed by atoms with Gasteiger partial charge in [-0.3, -0.25) is 4.79 Å². The molecule has 80 valence electrons. The lowest BCUT2D eigenvalue weighted by Gasteiger charge is -2.08. The van der Waals surface area contributed by atoms with Crippen molar-refractivity contribution >= 4 is 11.8 Å². The fourth-order valence-electron chi connectivity index (χ4n) is 1.23. The summed E-state index contributed by atoms with van der Waals surface area (Å²) in [5.41, 5.74) is 6.03. The van der Waals surface area contributed by atoms with E-state index in [2.05, 4.69) is 4.74 Å². The maximum atomic E-state index is 11.7. The Hall–Kier alpha value is -1.68. The summed E-state index contributed by atoms with van der Waals surface area (Å²) in [7, 11) is 1.27. The van der Waals surface area contributed by atoms with Crippen molar-refractivity contribution in [3.8, 4) is 0 Å². The van der Waals surface area contributed by atoms with Gasteiger partial charge in [-0.1, -0.05) is 18.2 Å². The molecule has 0 amide bonds. The molecule has 0 saturated carbocycles. The van der Waals surface area contributed by atoms with Crippen LogP contribution < -0.4 is 5.73 Å². The number of rotatable bonds is 3. The Morgan fingerprint density at radius 3 is 2.27 bits per heavy atom. The van der Waals surface area contributed by atoms with E-state index < -0.39 is 12.0 Å². The van der Waals surface area contributed by atoms with Gasteiger partial charge in [-0.05, 0) is 13.0 Å². The Morgan fingerprint density at radius 1 is 1.27 bits per heavy atom. The van der Waals surface area contributed by atoms with Gasteiger partial charge in [0.05, 0.1) is 18.7 Å². The van der Waals surface area contributed by atoms with Crippen LogP contribution in [0.3, 0.4) is 0 Å². The highest BCUT2D eigenvalue weighted by Gasteiger charge is 2.18. The molecule has 4 heteroatoms. The van der Waals surface area contributed by atoms with Crippen LogP contribution >= 0.6 is 0 Å². The number of ketones is 1. The predicted molar refractivity (Wildman–Crippen MR) is 55.8 cm³/mol. The lowest BCUT2D eigenvalue weighted by molar-refractivity contribution is 0.0597. The number of ether oxygens (including phenoxy) is 1. The molecule has 0 aliphatic heterocycles. The van der Waals surface area contributed by atoms with Crippen LogP contribution in [-0.4, -0.2) is 24.9 Å². The van der Waals surface area contributed by atoms with Crippen molar-refractivity contribution < 1.29 is 14.3 Å². The van der Waals surface area contributed by atoms with Crippen molar-refractivity contribution in [3.63, 3.8) is 0 Å². The molecule has 4 nitrogen and oxygen atoms in total. The van der Waals surface area contributed by atoms with Crippen LogP contribution in [0.1, 0.15) is 27.6 Å². The van der Waals surface area contributed by atoms with Crippen molar-refractivity contribution in [2.24, 2.45) is 5.73 Å². The van der Waals surface area contributed by atoms with E-state index in [0.29, 0.717) is 5.56 Å². The average Bonchev–Trinajstić information content (AvgIpc) is 2.27. The first-order chi connectivity index (χ1) is 7.07. The zero-order valence-electron chi connectivity index (χ0n) is 8.69. The fraction of sp³-hybridized carbons (Fsp3) is 0.273. The van der Waals surface area contributed by atoms with Gasteiger partial charge in [0.25, 0.3) is 0 Å². The second kappa shape index (κ2) is 4.70. The highest BCUT2D eigenvalue weighted by Crippen LogP contribution is 2.11. The number of hydrogen-bond acceptors (Lipinski definition) is 4. The van der Waals surface area contributed by atoms with Gasteiger partial charge in [0, 0.05) is 5.56 Å². The normalized spacial score (nSPS) is 11.9. The van der Waals surface area contributed by atoms with Gasteiger partial charge in [0.15, 0.2) is 5.78 Å². The van der Waals surface area contributed by atoms with Crippen molar-refractivity contribution in [2.45, 2.75) is 13.0 Å². The maximum absolute atomic E-state index is 11.7. The number of benzene rings is 1. The first-order valence-electron chi connectivity index (χ1n) is 4.55. The molecule has 1 unspecified atom stereocenters. The molecule has 0 aliphatic carbocycles. The van der Waals surface area contributed by atoms with Crippen LogP contribution in [0.2, 0.25) is 0 Å². The van der Waals surface area contributed by atoms with Crippen LogP contribution in [0.25, 0.3) is 0 Å². The molecule has 0 aromatic heterocycles. The zero-order chi connectivity index (χ0) is 11.4. The van der Waals surface area contributed by atoms with Gasteiger partial charge < -0.3 is 10.5 Å². The van der Waals surface area contributed by atoms with Crippen molar-refractivity contribution in [1.29, 1.82) is 0 Å². The third-order valence-corrected chi connectivity index (χ3v) is 2.01. The molecular formula is C11H13NO3. The van der Waals surface area contributed by atoms with Crippen LogP contribution in [-0.2, 0) is 4.74 Å². The van der Waals surface area contributed by atoms with Gasteiger partial charge in [-0.2, -0.15) is 0 Å². The largest absolute Gasteiger partial charge is 0.465 e. The Balaban J connectivity index is 3.18. The molecular weight excluding hydrogens is 194 g/mol. The molecule has 0 heterocycles.